The number of allylic oxidation sites excluding steroid dienone is 1. The van der Waals surface area contributed by atoms with Crippen LogP contribution in [0.15, 0.2) is 11.6 Å². The molecule has 2 nitrogen and oxygen atoms in total. The summed E-state index contributed by atoms with van der Waals surface area (Å²) in [5.41, 5.74) is 2.60. The average Bonchev–Trinajstić information content (AvgIpc) is 3.39. The molecular formula is C45H84O2. The minimum absolute atomic E-state index is 0.0766. The zero-order valence-corrected chi connectivity index (χ0v) is 33.0. The van der Waals surface area contributed by atoms with Gasteiger partial charge in [-0.3, -0.25) is 0 Å². The minimum atomic E-state index is -0.0766. The molecule has 2 N–H and O–H groups in total. The predicted octanol–water partition coefficient (Wildman–Crippen LogP) is 13.5. The Morgan fingerprint density at radius 1 is 0.638 bits per heavy atom. The molecule has 0 aromatic rings. The zero-order valence-electron chi connectivity index (χ0n) is 33.0. The molecule has 0 aliphatic heterocycles. The molecule has 0 saturated heterocycles. The molecule has 276 valence electrons. The van der Waals surface area contributed by atoms with Crippen LogP contribution in [0.5, 0.6) is 0 Å². The molecule has 3 fully saturated rings. The van der Waals surface area contributed by atoms with Crippen molar-refractivity contribution in [3.8, 4) is 0 Å². The summed E-state index contributed by atoms with van der Waals surface area (Å²) < 4.78 is 0. The summed E-state index contributed by atoms with van der Waals surface area (Å²) in [7, 11) is 0. The van der Waals surface area contributed by atoms with Gasteiger partial charge in [-0.15, -0.1) is 0 Å². The van der Waals surface area contributed by atoms with Gasteiger partial charge >= 0.3 is 0 Å². The zero-order chi connectivity index (χ0) is 34.3. The Morgan fingerprint density at radius 3 is 1.77 bits per heavy atom. The monoisotopic (exact) mass is 657 g/mol. The lowest BCUT2D eigenvalue weighted by Gasteiger charge is -2.58. The van der Waals surface area contributed by atoms with E-state index in [1.807, 2.05) is 0 Å². The second kappa shape index (κ2) is 21.1. The van der Waals surface area contributed by atoms with Crippen molar-refractivity contribution in [1.82, 2.24) is 0 Å². The number of hydrogen-bond donors (Lipinski definition) is 2. The van der Waals surface area contributed by atoms with Crippen LogP contribution in [0, 0.1) is 52.3 Å². The van der Waals surface area contributed by atoms with Gasteiger partial charge in [0.15, 0.2) is 0 Å². The van der Waals surface area contributed by atoms with Crippen molar-refractivity contribution in [2.24, 2.45) is 52.3 Å². The Bertz CT molecular complexity index is 860. The Morgan fingerprint density at radius 2 is 1.19 bits per heavy atom. The third-order valence-electron chi connectivity index (χ3n) is 14.2. The van der Waals surface area contributed by atoms with Crippen molar-refractivity contribution >= 4 is 0 Å². The molecule has 3 saturated carbocycles. The van der Waals surface area contributed by atoms with Crippen molar-refractivity contribution in [2.45, 2.75) is 215 Å². The van der Waals surface area contributed by atoms with E-state index in [0.717, 1.165) is 60.7 Å². The highest BCUT2D eigenvalue weighted by atomic mass is 16.3. The standard InChI is InChI=1S/C27H46O.C18H38O/c1-18(2)7-6-8-19(3)23-11-12-24-22-10-9-20-17-21(28)13-15-26(20,4)25(22)14-16-27(23,24)5;1-18(2)16-14-12-10-8-6-4-3-5-7-9-11-13-15-17-19/h9,18-19,21-25,28H,6-8,10-17H2,1-5H3;18-19H,3-17H2,1-2H3/t19-,21+,22+,23-,24+,25+,26+,27-;/m1./s1. The van der Waals surface area contributed by atoms with E-state index in [1.54, 1.807) is 5.57 Å². The van der Waals surface area contributed by atoms with Crippen LogP contribution in [0.4, 0.5) is 0 Å². The van der Waals surface area contributed by atoms with Crippen molar-refractivity contribution in [2.75, 3.05) is 6.61 Å². The van der Waals surface area contributed by atoms with E-state index < -0.39 is 0 Å². The van der Waals surface area contributed by atoms with Crippen LogP contribution in [0.1, 0.15) is 209 Å². The maximum absolute atomic E-state index is 10.2. The van der Waals surface area contributed by atoms with Gasteiger partial charge in [0.2, 0.25) is 0 Å². The average molecular weight is 657 g/mol. The first-order valence-electron chi connectivity index (χ1n) is 21.5. The highest BCUT2D eigenvalue weighted by Crippen LogP contribution is 2.67. The molecule has 0 aromatic heterocycles. The summed E-state index contributed by atoms with van der Waals surface area (Å²) in [6, 6.07) is 0. The van der Waals surface area contributed by atoms with Gasteiger partial charge < -0.3 is 10.2 Å². The first kappa shape index (κ1) is 41.1. The third-order valence-corrected chi connectivity index (χ3v) is 14.2. The molecule has 4 aliphatic carbocycles. The Balaban J connectivity index is 0.000000279. The lowest BCUT2D eigenvalue weighted by Crippen LogP contribution is -2.50. The van der Waals surface area contributed by atoms with Gasteiger partial charge in [0.1, 0.15) is 0 Å². The normalized spacial score (nSPS) is 32.3. The van der Waals surface area contributed by atoms with Crippen LogP contribution in [0.2, 0.25) is 0 Å². The van der Waals surface area contributed by atoms with Crippen molar-refractivity contribution < 1.29 is 10.2 Å². The van der Waals surface area contributed by atoms with E-state index >= 15 is 0 Å². The van der Waals surface area contributed by atoms with Crippen LogP contribution in [-0.2, 0) is 0 Å². The summed E-state index contributed by atoms with van der Waals surface area (Å²) in [4.78, 5) is 0. The molecule has 47 heavy (non-hydrogen) atoms. The molecule has 4 rings (SSSR count). The van der Waals surface area contributed by atoms with Crippen LogP contribution in [-0.4, -0.2) is 22.9 Å². The van der Waals surface area contributed by atoms with Gasteiger partial charge in [0.05, 0.1) is 6.10 Å². The molecule has 0 bridgehead atoms. The Hall–Kier alpha value is -0.340. The van der Waals surface area contributed by atoms with E-state index in [9.17, 15) is 5.11 Å². The largest absolute Gasteiger partial charge is 0.396 e. The molecule has 4 aliphatic rings. The van der Waals surface area contributed by atoms with E-state index in [2.05, 4.69) is 54.5 Å². The summed E-state index contributed by atoms with van der Waals surface area (Å²) in [6.45, 7) is 17.6. The lowest BCUT2D eigenvalue weighted by atomic mass is 9.47. The fraction of sp³-hybridized carbons (Fsp3) is 0.956. The number of rotatable bonds is 20. The number of hydrogen-bond acceptors (Lipinski definition) is 2. The summed E-state index contributed by atoms with van der Waals surface area (Å²) in [6.07, 6.45) is 36.4. The molecule has 2 heteroatoms. The van der Waals surface area contributed by atoms with E-state index in [-0.39, 0.29) is 6.10 Å². The fourth-order valence-electron chi connectivity index (χ4n) is 11.3. The first-order valence-corrected chi connectivity index (χ1v) is 21.5. The van der Waals surface area contributed by atoms with Gasteiger partial charge in [-0.1, -0.05) is 163 Å². The van der Waals surface area contributed by atoms with Crippen LogP contribution in [0.3, 0.4) is 0 Å². The fourth-order valence-corrected chi connectivity index (χ4v) is 11.3. The van der Waals surface area contributed by atoms with Gasteiger partial charge in [-0.05, 0) is 110 Å². The third kappa shape index (κ3) is 12.4. The molecule has 0 aromatic carbocycles. The van der Waals surface area contributed by atoms with E-state index in [0.29, 0.717) is 17.4 Å². The van der Waals surface area contributed by atoms with Gasteiger partial charge in [0, 0.05) is 6.61 Å². The highest BCUT2D eigenvalue weighted by molar-refractivity contribution is 5.25. The summed E-state index contributed by atoms with van der Waals surface area (Å²) in [5.74, 6) is 6.34. The van der Waals surface area contributed by atoms with E-state index in [1.165, 1.54) is 141 Å². The van der Waals surface area contributed by atoms with Crippen LogP contribution in [0.25, 0.3) is 0 Å². The Labute approximate surface area is 295 Å². The van der Waals surface area contributed by atoms with Crippen molar-refractivity contribution in [1.29, 1.82) is 0 Å². The molecule has 0 spiro atoms. The molecule has 8 atom stereocenters. The topological polar surface area (TPSA) is 40.5 Å². The number of aliphatic hydroxyl groups is 2. The molecular weight excluding hydrogens is 572 g/mol. The summed E-state index contributed by atoms with van der Waals surface area (Å²) in [5, 5.41) is 18.9. The number of fused-ring (bicyclic) bond motifs is 5. The van der Waals surface area contributed by atoms with Crippen molar-refractivity contribution in [3.05, 3.63) is 11.6 Å². The molecule has 0 unspecified atom stereocenters. The second-order valence-corrected chi connectivity index (χ2v) is 18.7. The van der Waals surface area contributed by atoms with Crippen molar-refractivity contribution in [3.63, 3.8) is 0 Å². The maximum atomic E-state index is 10.2. The quantitative estimate of drug-likeness (QED) is 0.101. The molecule has 0 amide bonds. The lowest BCUT2D eigenvalue weighted by molar-refractivity contribution is -0.0573. The minimum Gasteiger partial charge on any atom is -0.396 e. The smallest absolute Gasteiger partial charge is 0.0577 e. The van der Waals surface area contributed by atoms with E-state index in [4.69, 9.17) is 5.11 Å². The second-order valence-electron chi connectivity index (χ2n) is 18.7. The predicted molar refractivity (Wildman–Crippen MR) is 206 cm³/mol. The highest BCUT2D eigenvalue weighted by Gasteiger charge is 2.59. The SMILES string of the molecule is CC(C)CCCCCCCCCCCCCCCO.CC(C)CCC[C@@H](C)[C@H]1CC[C@H]2[C@@H]3CC=C4C[C@@H](O)CC[C@]4(C)[C@H]3CC[C@]12C. The van der Waals surface area contributed by atoms with Gasteiger partial charge in [-0.25, -0.2) is 0 Å². The maximum Gasteiger partial charge on any atom is 0.0577 e. The van der Waals surface area contributed by atoms with Crippen LogP contribution >= 0.6 is 0 Å². The van der Waals surface area contributed by atoms with Crippen LogP contribution < -0.4 is 0 Å². The summed E-state index contributed by atoms with van der Waals surface area (Å²) >= 11 is 0. The first-order chi connectivity index (χ1) is 22.5. The molecule has 0 heterocycles. The Kier molecular flexibility index (Phi) is 18.5. The van der Waals surface area contributed by atoms with Gasteiger partial charge in [-0.2, -0.15) is 0 Å². The number of unbranched alkanes of at least 4 members (excludes halogenated alkanes) is 12. The number of aliphatic hydroxyl groups excluding tert-OH is 2. The van der Waals surface area contributed by atoms with Gasteiger partial charge in [0.25, 0.3) is 0 Å². The molecule has 0 radical (unpaired) electrons.